The van der Waals surface area contributed by atoms with Gasteiger partial charge in [-0.2, -0.15) is 0 Å². The van der Waals surface area contributed by atoms with Crippen LogP contribution in [0.15, 0.2) is 29.8 Å². The molecule has 2 aromatic rings. The van der Waals surface area contributed by atoms with Gasteiger partial charge in [0, 0.05) is 39.6 Å². The van der Waals surface area contributed by atoms with Gasteiger partial charge in [0.1, 0.15) is 11.5 Å². The summed E-state index contributed by atoms with van der Waals surface area (Å²) in [6.45, 7) is 5.49. The van der Waals surface area contributed by atoms with Gasteiger partial charge in [0.2, 0.25) is 0 Å². The number of benzene rings is 2. The summed E-state index contributed by atoms with van der Waals surface area (Å²) in [6, 6.07) is 8.98. The van der Waals surface area contributed by atoms with E-state index in [1.807, 2.05) is 13.8 Å². The molecule has 1 aliphatic carbocycles. The molecule has 160 valence electrons. The average molecular weight is 410 g/mol. The smallest absolute Gasteiger partial charge is 0.331 e. The monoisotopic (exact) mass is 409 g/mol. The third-order valence-corrected chi connectivity index (χ3v) is 5.94. The lowest BCUT2D eigenvalue weighted by molar-refractivity contribution is -0.132. The fourth-order valence-electron chi connectivity index (χ4n) is 4.32. The molecule has 0 amide bonds. The lowest BCUT2D eigenvalue weighted by Crippen LogP contribution is -2.14. The molecule has 0 aliphatic heterocycles. The Morgan fingerprint density at radius 3 is 2.17 bits per heavy atom. The second-order valence-corrected chi connectivity index (χ2v) is 7.94. The van der Waals surface area contributed by atoms with Crippen LogP contribution in [0.4, 0.5) is 5.69 Å². The van der Waals surface area contributed by atoms with Crippen LogP contribution in [-0.2, 0) is 4.79 Å². The molecule has 0 atom stereocenters. The van der Waals surface area contributed by atoms with Crippen molar-refractivity contribution in [2.75, 3.05) is 19.5 Å². The maximum Gasteiger partial charge on any atom is 0.331 e. The van der Waals surface area contributed by atoms with E-state index in [1.54, 1.807) is 27.2 Å². The first kappa shape index (κ1) is 21.8. The van der Waals surface area contributed by atoms with Gasteiger partial charge >= 0.3 is 5.97 Å². The summed E-state index contributed by atoms with van der Waals surface area (Å²) in [5.41, 5.74) is 5.87. The Labute approximate surface area is 178 Å². The van der Waals surface area contributed by atoms with Gasteiger partial charge in [-0.15, -0.1) is 0 Å². The summed E-state index contributed by atoms with van der Waals surface area (Å²) in [5.74, 6) is 0.439. The van der Waals surface area contributed by atoms with Gasteiger partial charge < -0.3 is 19.9 Å². The molecule has 0 unspecified atom stereocenters. The minimum Gasteiger partial charge on any atom is -0.496 e. The average Bonchev–Trinajstić information content (AvgIpc) is 3.24. The number of carbonyl (C=O) groups is 1. The number of ether oxygens (including phenoxy) is 2. The van der Waals surface area contributed by atoms with Crippen LogP contribution in [0.2, 0.25) is 0 Å². The van der Waals surface area contributed by atoms with Crippen molar-refractivity contribution in [3.05, 3.63) is 46.5 Å². The van der Waals surface area contributed by atoms with Crippen molar-refractivity contribution in [3.8, 4) is 22.6 Å². The van der Waals surface area contributed by atoms with Crippen molar-refractivity contribution in [2.45, 2.75) is 52.5 Å². The van der Waals surface area contributed by atoms with Crippen LogP contribution in [0.5, 0.6) is 11.5 Å². The van der Waals surface area contributed by atoms with Crippen LogP contribution in [0.1, 0.15) is 49.3 Å². The standard InChI is InChI=1S/C25H31NO4/c1-15(25(27)28)14-21-16(2)24(30-5)22(17(3)23(21)29-4)18-10-12-20(13-11-18)26-19-8-6-7-9-19/h10-14,19,26H,6-9H2,1-5H3,(H,27,28). The Balaban J connectivity index is 2.07. The summed E-state index contributed by atoms with van der Waals surface area (Å²) in [4.78, 5) is 11.4. The second kappa shape index (κ2) is 9.24. The molecule has 1 fully saturated rings. The van der Waals surface area contributed by atoms with Crippen molar-refractivity contribution >= 4 is 17.7 Å². The van der Waals surface area contributed by atoms with Gasteiger partial charge in [-0.1, -0.05) is 25.0 Å². The van der Waals surface area contributed by atoms with Gasteiger partial charge in [-0.3, -0.25) is 0 Å². The molecule has 0 bridgehead atoms. The van der Waals surface area contributed by atoms with E-state index in [-0.39, 0.29) is 5.57 Å². The number of carboxylic acid groups (broad SMARTS) is 1. The molecule has 30 heavy (non-hydrogen) atoms. The van der Waals surface area contributed by atoms with Crippen LogP contribution in [-0.4, -0.2) is 31.3 Å². The van der Waals surface area contributed by atoms with Crippen molar-refractivity contribution in [2.24, 2.45) is 0 Å². The zero-order chi connectivity index (χ0) is 21.8. The van der Waals surface area contributed by atoms with Gasteiger partial charge in [0.05, 0.1) is 14.2 Å². The molecule has 0 spiro atoms. The summed E-state index contributed by atoms with van der Waals surface area (Å²) >= 11 is 0. The highest BCUT2D eigenvalue weighted by molar-refractivity contribution is 5.93. The number of carboxylic acids is 1. The molecule has 0 aromatic heterocycles. The number of methoxy groups -OCH3 is 2. The number of aliphatic carboxylic acids is 1. The van der Waals surface area contributed by atoms with Gasteiger partial charge in [-0.05, 0) is 57.4 Å². The zero-order valence-corrected chi connectivity index (χ0v) is 18.5. The third-order valence-electron chi connectivity index (χ3n) is 5.94. The topological polar surface area (TPSA) is 67.8 Å². The second-order valence-electron chi connectivity index (χ2n) is 7.94. The molecule has 5 nitrogen and oxygen atoms in total. The number of hydrogen-bond donors (Lipinski definition) is 2. The molecule has 1 saturated carbocycles. The van der Waals surface area contributed by atoms with E-state index in [0.717, 1.165) is 39.3 Å². The summed E-state index contributed by atoms with van der Waals surface area (Å²) in [5, 5.41) is 12.9. The third kappa shape index (κ3) is 4.30. The number of nitrogens with one attached hydrogen (secondary N) is 1. The molecular weight excluding hydrogens is 378 g/mol. The van der Waals surface area contributed by atoms with Crippen molar-refractivity contribution < 1.29 is 19.4 Å². The molecule has 0 heterocycles. The fourth-order valence-corrected chi connectivity index (χ4v) is 4.32. The Morgan fingerprint density at radius 2 is 1.63 bits per heavy atom. The summed E-state index contributed by atoms with van der Waals surface area (Å²) in [7, 11) is 3.26. The minimum atomic E-state index is -0.956. The van der Waals surface area contributed by atoms with E-state index >= 15 is 0 Å². The Bertz CT molecular complexity index is 954. The molecule has 0 radical (unpaired) electrons. The van der Waals surface area contributed by atoms with E-state index in [2.05, 4.69) is 29.6 Å². The quantitative estimate of drug-likeness (QED) is 0.563. The number of hydrogen-bond acceptors (Lipinski definition) is 4. The maximum absolute atomic E-state index is 11.4. The molecule has 2 N–H and O–H groups in total. The molecule has 2 aromatic carbocycles. The maximum atomic E-state index is 11.4. The molecule has 5 heteroatoms. The summed E-state index contributed by atoms with van der Waals surface area (Å²) < 4.78 is 11.5. The van der Waals surface area contributed by atoms with Crippen LogP contribution >= 0.6 is 0 Å². The van der Waals surface area contributed by atoms with Crippen LogP contribution < -0.4 is 14.8 Å². The Morgan fingerprint density at radius 1 is 1.03 bits per heavy atom. The SMILES string of the molecule is COc1c(C)c(-c2ccc(NC3CCCC3)cc2)c(OC)c(C)c1C=C(C)C(=O)O. The number of rotatable bonds is 7. The predicted molar refractivity (Wildman–Crippen MR) is 122 cm³/mol. The predicted octanol–water partition coefficient (Wildman–Crippen LogP) is 5.83. The van der Waals surface area contributed by atoms with Crippen LogP contribution in [0.3, 0.4) is 0 Å². The lowest BCUT2D eigenvalue weighted by atomic mass is 9.91. The van der Waals surface area contributed by atoms with Crippen molar-refractivity contribution in [1.29, 1.82) is 0 Å². The molecule has 1 aliphatic rings. The number of anilines is 1. The molecule has 3 rings (SSSR count). The van der Waals surface area contributed by atoms with Gasteiger partial charge in [0.25, 0.3) is 0 Å². The minimum absolute atomic E-state index is 0.243. The normalized spacial score (nSPS) is 14.6. The van der Waals surface area contributed by atoms with E-state index < -0.39 is 5.97 Å². The summed E-state index contributed by atoms with van der Waals surface area (Å²) in [6.07, 6.45) is 6.71. The van der Waals surface area contributed by atoms with E-state index in [1.165, 1.54) is 25.7 Å². The van der Waals surface area contributed by atoms with Crippen LogP contribution in [0.25, 0.3) is 17.2 Å². The Kier molecular flexibility index (Phi) is 6.70. The highest BCUT2D eigenvalue weighted by Crippen LogP contribution is 2.44. The highest BCUT2D eigenvalue weighted by atomic mass is 16.5. The lowest BCUT2D eigenvalue weighted by Gasteiger charge is -2.21. The first-order valence-electron chi connectivity index (χ1n) is 10.4. The largest absolute Gasteiger partial charge is 0.496 e. The Hall–Kier alpha value is -2.95. The zero-order valence-electron chi connectivity index (χ0n) is 18.5. The van der Waals surface area contributed by atoms with E-state index in [0.29, 0.717) is 11.8 Å². The fraction of sp³-hybridized carbons (Fsp3) is 0.400. The first-order chi connectivity index (χ1) is 14.4. The molecule has 0 saturated heterocycles. The highest BCUT2D eigenvalue weighted by Gasteiger charge is 2.22. The molecular formula is C25H31NO4. The van der Waals surface area contributed by atoms with Gasteiger partial charge in [-0.25, -0.2) is 4.79 Å². The van der Waals surface area contributed by atoms with E-state index in [9.17, 15) is 9.90 Å². The van der Waals surface area contributed by atoms with Gasteiger partial charge in [0.15, 0.2) is 0 Å². The first-order valence-corrected chi connectivity index (χ1v) is 10.4. The van der Waals surface area contributed by atoms with E-state index in [4.69, 9.17) is 9.47 Å². The van der Waals surface area contributed by atoms with Crippen molar-refractivity contribution in [1.82, 2.24) is 0 Å². The van der Waals surface area contributed by atoms with Crippen LogP contribution in [0, 0.1) is 13.8 Å². The van der Waals surface area contributed by atoms with Crippen molar-refractivity contribution in [3.63, 3.8) is 0 Å².